The Morgan fingerprint density at radius 2 is 1.60 bits per heavy atom. The van der Waals surface area contributed by atoms with Gasteiger partial charge in [0.2, 0.25) is 0 Å². The Balaban J connectivity index is -0.0000000910. The fourth-order valence-electron chi connectivity index (χ4n) is 0.129. The minimum Gasteiger partial charge on any atom is -0.396 e. The second-order valence-corrected chi connectivity index (χ2v) is 2.26. The van der Waals surface area contributed by atoms with Gasteiger partial charge in [-0.15, -0.1) is 0 Å². The van der Waals surface area contributed by atoms with Gasteiger partial charge < -0.3 is 16.2 Å². The SMILES string of the molecule is CN(C)C.C[CH]CCO.N. The van der Waals surface area contributed by atoms with Crippen LogP contribution in [0.2, 0.25) is 0 Å². The van der Waals surface area contributed by atoms with E-state index in [4.69, 9.17) is 5.11 Å². The van der Waals surface area contributed by atoms with E-state index in [-0.39, 0.29) is 12.8 Å². The molecule has 0 saturated heterocycles. The molecule has 0 saturated carbocycles. The number of aliphatic hydroxyl groups excluding tert-OH is 1. The first kappa shape index (κ1) is 16.5. The van der Waals surface area contributed by atoms with E-state index < -0.39 is 0 Å². The van der Waals surface area contributed by atoms with Gasteiger partial charge in [0.1, 0.15) is 0 Å². The summed E-state index contributed by atoms with van der Waals surface area (Å²) in [5, 5.41) is 8.04. The van der Waals surface area contributed by atoms with Crippen molar-refractivity contribution >= 4 is 0 Å². The summed E-state index contributed by atoms with van der Waals surface area (Å²) >= 11 is 0. The van der Waals surface area contributed by atoms with Gasteiger partial charge >= 0.3 is 0 Å². The summed E-state index contributed by atoms with van der Waals surface area (Å²) in [7, 11) is 6.00. The molecular formula is C7H21N2O. The molecule has 0 unspecified atom stereocenters. The Labute approximate surface area is 64.6 Å². The Bertz CT molecular complexity index is 35.8. The van der Waals surface area contributed by atoms with Crippen LogP contribution in [0.25, 0.3) is 0 Å². The highest BCUT2D eigenvalue weighted by atomic mass is 16.2. The number of aliphatic hydroxyl groups is 1. The van der Waals surface area contributed by atoms with Gasteiger partial charge in [0, 0.05) is 6.61 Å². The lowest BCUT2D eigenvalue weighted by Gasteiger charge is -1.90. The Kier molecular flexibility index (Phi) is 26.2. The van der Waals surface area contributed by atoms with Crippen molar-refractivity contribution < 1.29 is 5.11 Å². The van der Waals surface area contributed by atoms with E-state index in [0.29, 0.717) is 0 Å². The number of rotatable bonds is 2. The molecule has 0 amide bonds. The number of nitrogens with zero attached hydrogens (tertiary/aromatic N) is 1. The van der Waals surface area contributed by atoms with E-state index >= 15 is 0 Å². The normalized spacial score (nSPS) is 7.80. The van der Waals surface area contributed by atoms with Crippen molar-refractivity contribution in [3.8, 4) is 0 Å². The highest BCUT2D eigenvalue weighted by Gasteiger charge is 1.69. The van der Waals surface area contributed by atoms with E-state index in [0.717, 1.165) is 6.42 Å². The lowest BCUT2D eigenvalue weighted by molar-refractivity contribution is 0.298. The van der Waals surface area contributed by atoms with Crippen molar-refractivity contribution in [2.75, 3.05) is 27.7 Å². The Hall–Kier alpha value is -0.120. The molecule has 0 aliphatic heterocycles. The molecular weight excluding hydrogens is 128 g/mol. The van der Waals surface area contributed by atoms with Gasteiger partial charge in [-0.3, -0.25) is 0 Å². The van der Waals surface area contributed by atoms with Gasteiger partial charge in [0.15, 0.2) is 0 Å². The molecule has 0 bridgehead atoms. The quantitative estimate of drug-likeness (QED) is 0.614. The lowest BCUT2D eigenvalue weighted by Crippen LogP contribution is -1.99. The third kappa shape index (κ3) is 106. The van der Waals surface area contributed by atoms with E-state index in [1.165, 1.54) is 0 Å². The molecule has 0 fully saturated rings. The molecule has 0 aliphatic rings. The maximum atomic E-state index is 8.04. The summed E-state index contributed by atoms with van der Waals surface area (Å²) in [5.41, 5.74) is 0. The van der Waals surface area contributed by atoms with Gasteiger partial charge in [-0.1, -0.05) is 6.92 Å². The predicted octanol–water partition coefficient (Wildman–Crippen LogP) is 0.933. The van der Waals surface area contributed by atoms with Crippen LogP contribution < -0.4 is 6.15 Å². The zero-order chi connectivity index (χ0) is 7.70. The van der Waals surface area contributed by atoms with E-state index in [9.17, 15) is 0 Å². The van der Waals surface area contributed by atoms with Crippen LogP contribution >= 0.6 is 0 Å². The maximum absolute atomic E-state index is 8.04. The smallest absolute Gasteiger partial charge is 0.0433 e. The zero-order valence-corrected chi connectivity index (χ0v) is 7.59. The monoisotopic (exact) mass is 149 g/mol. The number of unbranched alkanes of at least 4 members (excludes halogenated alkanes) is 1. The number of hydrogen-bond donors (Lipinski definition) is 2. The summed E-state index contributed by atoms with van der Waals surface area (Å²) in [6.45, 7) is 2.22. The Morgan fingerprint density at radius 1 is 1.30 bits per heavy atom. The highest BCUT2D eigenvalue weighted by Crippen LogP contribution is 1.76. The van der Waals surface area contributed by atoms with Gasteiger partial charge in [-0.2, -0.15) is 0 Å². The first-order valence-electron chi connectivity index (χ1n) is 3.14. The molecule has 3 nitrogen and oxygen atoms in total. The summed E-state index contributed by atoms with van der Waals surface area (Å²) in [4.78, 5) is 2.00. The van der Waals surface area contributed by atoms with Crippen molar-refractivity contribution in [3.05, 3.63) is 6.42 Å². The van der Waals surface area contributed by atoms with Crippen LogP contribution in [0.3, 0.4) is 0 Å². The first-order chi connectivity index (χ1) is 4.15. The predicted molar refractivity (Wildman–Crippen MR) is 46.3 cm³/mol. The average Bonchev–Trinajstić information content (AvgIpc) is 1.66. The van der Waals surface area contributed by atoms with Crippen LogP contribution in [0.1, 0.15) is 13.3 Å². The van der Waals surface area contributed by atoms with Crippen LogP contribution in [-0.4, -0.2) is 37.8 Å². The first-order valence-corrected chi connectivity index (χ1v) is 3.14. The minimum atomic E-state index is 0. The van der Waals surface area contributed by atoms with Crippen LogP contribution in [0.4, 0.5) is 0 Å². The van der Waals surface area contributed by atoms with E-state index in [2.05, 4.69) is 0 Å². The summed E-state index contributed by atoms with van der Waals surface area (Å²) < 4.78 is 0. The Morgan fingerprint density at radius 3 is 1.60 bits per heavy atom. The average molecular weight is 149 g/mol. The molecule has 3 heteroatoms. The van der Waals surface area contributed by atoms with Crippen LogP contribution in [0.5, 0.6) is 0 Å². The molecule has 0 aliphatic carbocycles. The highest BCUT2D eigenvalue weighted by molar-refractivity contribution is 4.50. The van der Waals surface area contributed by atoms with Crippen LogP contribution in [-0.2, 0) is 0 Å². The second kappa shape index (κ2) is 15.9. The van der Waals surface area contributed by atoms with Crippen molar-refractivity contribution in [2.45, 2.75) is 13.3 Å². The molecule has 0 heterocycles. The fraction of sp³-hybridized carbons (Fsp3) is 0.857. The molecule has 0 atom stereocenters. The topological polar surface area (TPSA) is 58.5 Å². The van der Waals surface area contributed by atoms with Crippen molar-refractivity contribution in [3.63, 3.8) is 0 Å². The van der Waals surface area contributed by atoms with Gasteiger partial charge in [0.05, 0.1) is 0 Å². The number of hydrogen-bond acceptors (Lipinski definition) is 3. The standard InChI is InChI=1S/C4H9O.C3H9N.H3N/c1-2-3-4-5;1-4(2)3;/h2,5H,3-4H2,1H3;1-3H3;1H3. The molecule has 0 spiro atoms. The van der Waals surface area contributed by atoms with Gasteiger partial charge in [-0.05, 0) is 34.0 Å². The van der Waals surface area contributed by atoms with Crippen molar-refractivity contribution in [2.24, 2.45) is 0 Å². The van der Waals surface area contributed by atoms with Crippen molar-refractivity contribution in [1.82, 2.24) is 11.1 Å². The van der Waals surface area contributed by atoms with Gasteiger partial charge in [-0.25, -0.2) is 0 Å². The molecule has 0 aromatic carbocycles. The van der Waals surface area contributed by atoms with E-state index in [1.54, 1.807) is 0 Å². The summed E-state index contributed by atoms with van der Waals surface area (Å²) in [5.74, 6) is 0. The van der Waals surface area contributed by atoms with E-state index in [1.807, 2.05) is 39.4 Å². The van der Waals surface area contributed by atoms with Crippen molar-refractivity contribution in [1.29, 1.82) is 0 Å². The molecule has 0 aromatic rings. The molecule has 0 aromatic heterocycles. The zero-order valence-electron chi connectivity index (χ0n) is 7.59. The minimum absolute atomic E-state index is 0. The van der Waals surface area contributed by atoms with Gasteiger partial charge in [0.25, 0.3) is 0 Å². The maximum Gasteiger partial charge on any atom is 0.0433 e. The van der Waals surface area contributed by atoms with Crippen LogP contribution in [0.15, 0.2) is 0 Å². The molecule has 0 rings (SSSR count). The lowest BCUT2D eigenvalue weighted by atomic mass is 10.4. The largest absolute Gasteiger partial charge is 0.396 e. The van der Waals surface area contributed by atoms with Crippen LogP contribution in [0, 0.1) is 6.42 Å². The molecule has 1 radical (unpaired) electrons. The fourth-order valence-corrected chi connectivity index (χ4v) is 0.129. The molecule has 65 valence electrons. The second-order valence-electron chi connectivity index (χ2n) is 2.26. The third-order valence-corrected chi connectivity index (χ3v) is 0.418. The molecule has 4 N–H and O–H groups in total. The molecule has 10 heavy (non-hydrogen) atoms. The third-order valence-electron chi connectivity index (χ3n) is 0.418. The summed E-state index contributed by atoms with van der Waals surface area (Å²) in [6, 6.07) is 0. The summed E-state index contributed by atoms with van der Waals surface area (Å²) in [6.07, 6.45) is 2.75.